The van der Waals surface area contributed by atoms with Crippen molar-refractivity contribution in [2.24, 2.45) is 89.7 Å². The Hall–Kier alpha value is -8.79. The fourth-order valence-corrected chi connectivity index (χ4v) is 24.2. The molecular weight excluding hydrogens is 1670 g/mol. The van der Waals surface area contributed by atoms with Crippen LogP contribution in [0, 0.1) is 89.7 Å². The van der Waals surface area contributed by atoms with Gasteiger partial charge in [0.15, 0.2) is 5.78 Å². The van der Waals surface area contributed by atoms with Crippen molar-refractivity contribution in [1.82, 2.24) is 58.5 Å². The third-order valence-corrected chi connectivity index (χ3v) is 28.2. The summed E-state index contributed by atoms with van der Waals surface area (Å²) in [7, 11) is 0. The van der Waals surface area contributed by atoms with Gasteiger partial charge in [0, 0.05) is 146 Å². The maximum atomic E-state index is 13.7. The van der Waals surface area contributed by atoms with Gasteiger partial charge in [-0.2, -0.15) is 0 Å². The van der Waals surface area contributed by atoms with Crippen molar-refractivity contribution < 1.29 is 87.2 Å². The molecule has 16 unspecified atom stereocenters. The molecule has 29 heteroatoms. The van der Waals surface area contributed by atoms with Crippen molar-refractivity contribution in [2.75, 3.05) is 39.3 Å². The summed E-state index contributed by atoms with van der Waals surface area (Å²) in [6.07, 6.45) is 20.3. The molecule has 14 N–H and O–H groups in total. The largest absolute Gasteiger partial charge is 0.478 e. The molecule has 0 aliphatic heterocycles. The van der Waals surface area contributed by atoms with Gasteiger partial charge in [-0.05, 0) is 242 Å². The van der Waals surface area contributed by atoms with Crippen molar-refractivity contribution in [2.45, 2.75) is 375 Å². The first-order chi connectivity index (χ1) is 60.5. The van der Waals surface area contributed by atoms with Gasteiger partial charge in [-0.3, -0.25) is 33.6 Å². The molecule has 6 rings (SSSR count). The highest BCUT2D eigenvalue weighted by Gasteiger charge is 2.48. The molecule has 131 heavy (non-hydrogen) atoms. The van der Waals surface area contributed by atoms with Crippen LogP contribution in [0.3, 0.4) is 0 Å². The number of carboxylic acid groups (broad SMARTS) is 3. The molecule has 11 amide bonds. The summed E-state index contributed by atoms with van der Waals surface area (Å²) < 4.78 is 0. The van der Waals surface area contributed by atoms with Gasteiger partial charge in [0.2, 0.25) is 0 Å². The third-order valence-electron chi connectivity index (χ3n) is 28.2. The van der Waals surface area contributed by atoms with Crippen LogP contribution in [0.1, 0.15) is 376 Å². The number of hydrogen-bond acceptors (Lipinski definition) is 15. The van der Waals surface area contributed by atoms with E-state index in [0.717, 1.165) is 107 Å². The molecule has 738 valence electrons. The van der Waals surface area contributed by atoms with Crippen molar-refractivity contribution in [3.63, 3.8) is 0 Å². The van der Waals surface area contributed by atoms with Crippen LogP contribution >= 0.6 is 0 Å². The number of carbonyl (C=O) groups excluding carboxylic acids is 12. The summed E-state index contributed by atoms with van der Waals surface area (Å²) in [4.78, 5) is 194. The average Bonchev–Trinajstić information content (AvgIpc) is 0.815. The van der Waals surface area contributed by atoms with Crippen molar-refractivity contribution >= 4 is 88.7 Å². The van der Waals surface area contributed by atoms with Crippen LogP contribution < -0.4 is 58.5 Å². The Morgan fingerprint density at radius 2 is 0.534 bits per heavy atom. The number of carboxylic acids is 3. The monoisotopic (exact) mass is 1830 g/mol. The predicted molar refractivity (Wildman–Crippen MR) is 509 cm³/mol. The third kappa shape index (κ3) is 40.9. The SMILES string of the molecule is CC(CNC(=O)NC1CC(C)(C)CC(C)(CCC(=O)CC(C)CNC(=O)NC2CC(C)(C)CC(C)(CCC(=O)CC(C)CNC(=O)NC3CC(C)(C)CC(C)(CCC(=O)CC(C)CNC(=O)NC4CC(C)(C)CC(C)(CCC(=O)CC(C)CNC(=O)NC5CC(C)(C)CC(C)(CCC(=O)CC(C)CNC(=O)c6cc(C(=O)O)ccc6C(=O)O)C5)C4)C3)C2)C1)CC(=O)/C=C\C(=O)O. The normalized spacial score (nSPS) is 26.7. The first-order valence-corrected chi connectivity index (χ1v) is 48.6. The molecule has 1 aromatic rings. The van der Waals surface area contributed by atoms with E-state index in [4.69, 9.17) is 5.11 Å². The van der Waals surface area contributed by atoms with Gasteiger partial charge in [0.05, 0.1) is 16.7 Å². The highest BCUT2D eigenvalue weighted by atomic mass is 16.4. The Labute approximate surface area is 781 Å². The Balaban J connectivity index is 0.827. The number of allylic oxidation sites excluding steroid dienone is 1. The molecule has 0 heterocycles. The van der Waals surface area contributed by atoms with Crippen molar-refractivity contribution in [1.29, 1.82) is 0 Å². The Kier molecular flexibility index (Phi) is 40.6. The second kappa shape index (κ2) is 47.9. The summed E-state index contributed by atoms with van der Waals surface area (Å²) in [5.74, 6) is -5.29. The van der Waals surface area contributed by atoms with Gasteiger partial charge in [0.25, 0.3) is 5.91 Å². The van der Waals surface area contributed by atoms with Gasteiger partial charge >= 0.3 is 48.1 Å². The lowest BCUT2D eigenvalue weighted by Gasteiger charge is -2.47. The molecule has 5 fully saturated rings. The Bertz CT molecular complexity index is 4210. The lowest BCUT2D eigenvalue weighted by Crippen LogP contribution is -2.50. The van der Waals surface area contributed by atoms with Crippen LogP contribution in [-0.2, 0) is 33.6 Å². The molecule has 16 atom stereocenters. The lowest BCUT2D eigenvalue weighted by molar-refractivity contribution is -0.132. The van der Waals surface area contributed by atoms with Gasteiger partial charge in [-0.15, -0.1) is 0 Å². The molecule has 0 bridgehead atoms. The van der Waals surface area contributed by atoms with E-state index >= 15 is 0 Å². The van der Waals surface area contributed by atoms with Crippen LogP contribution in [0.25, 0.3) is 0 Å². The molecule has 0 radical (unpaired) electrons. The molecule has 1 aromatic carbocycles. The van der Waals surface area contributed by atoms with E-state index in [2.05, 4.69) is 162 Å². The second-order valence-electron chi connectivity index (χ2n) is 47.8. The number of aliphatic carboxylic acids is 1. The lowest BCUT2D eigenvalue weighted by atomic mass is 9.61. The molecular formula is C102H167N11O18. The van der Waals surface area contributed by atoms with Gasteiger partial charge in [-0.1, -0.05) is 145 Å². The zero-order valence-corrected chi connectivity index (χ0v) is 83.4. The number of nitrogens with one attached hydrogen (secondary N) is 11. The van der Waals surface area contributed by atoms with Gasteiger partial charge < -0.3 is 73.8 Å². The van der Waals surface area contributed by atoms with Crippen molar-refractivity contribution in [3.05, 3.63) is 47.0 Å². The molecule has 0 saturated heterocycles. The summed E-state index contributed by atoms with van der Waals surface area (Å²) in [6, 6.07) is 1.15. The van der Waals surface area contributed by atoms with E-state index < -0.39 is 23.8 Å². The van der Waals surface area contributed by atoms with E-state index in [9.17, 15) is 82.1 Å². The molecule has 0 spiro atoms. The van der Waals surface area contributed by atoms with Crippen LogP contribution in [-0.4, -0.2) is 173 Å². The van der Waals surface area contributed by atoms with Gasteiger partial charge in [0.1, 0.15) is 28.9 Å². The van der Waals surface area contributed by atoms with E-state index in [1.807, 2.05) is 34.6 Å². The summed E-state index contributed by atoms with van der Waals surface area (Å²) in [5.41, 5.74) is -2.37. The zero-order chi connectivity index (χ0) is 98.2. The Morgan fingerprint density at radius 1 is 0.305 bits per heavy atom. The summed E-state index contributed by atoms with van der Waals surface area (Å²) in [6.45, 7) is 46.0. The number of ketones is 6. The number of carbonyl (C=O) groups is 15. The van der Waals surface area contributed by atoms with Crippen LogP contribution in [0.5, 0.6) is 0 Å². The fourth-order valence-electron chi connectivity index (χ4n) is 24.2. The van der Waals surface area contributed by atoms with E-state index in [-0.39, 0.29) is 227 Å². The summed E-state index contributed by atoms with van der Waals surface area (Å²) in [5, 5.41) is 61.4. The number of rotatable bonds is 49. The highest BCUT2D eigenvalue weighted by Crippen LogP contribution is 2.54. The van der Waals surface area contributed by atoms with Crippen molar-refractivity contribution in [3.8, 4) is 0 Å². The Morgan fingerprint density at radius 3 is 0.756 bits per heavy atom. The van der Waals surface area contributed by atoms with E-state index in [1.165, 1.54) is 0 Å². The van der Waals surface area contributed by atoms with Crippen LogP contribution in [0.2, 0.25) is 0 Å². The van der Waals surface area contributed by atoms with Crippen LogP contribution in [0.15, 0.2) is 30.4 Å². The maximum absolute atomic E-state index is 13.7. The first kappa shape index (κ1) is 111. The smallest absolute Gasteiger partial charge is 0.336 e. The highest BCUT2D eigenvalue weighted by molar-refractivity contribution is 6.06. The maximum Gasteiger partial charge on any atom is 0.336 e. The first-order valence-electron chi connectivity index (χ1n) is 48.6. The predicted octanol–water partition coefficient (Wildman–Crippen LogP) is 17.3. The summed E-state index contributed by atoms with van der Waals surface area (Å²) >= 11 is 0. The van der Waals surface area contributed by atoms with Gasteiger partial charge in [-0.25, -0.2) is 38.4 Å². The standard InChI is InChI=1S/C102H167N11O18/c1-64(53-103-85(122)83-42-70(86(123)124)22-24-82(83)87(125)126)37-77(115)26-31-98(17)48-72(44-93(7,8)59-98)110-89(128)105-55-66(3)39-79(117)28-33-100(19)50-74(46-95(11,12)61-100)112-91(130)107-57-68(5)41-81(119)30-35-102(21)52-75(47-97(15,16)63-102)113-92(131)108-58-69(6)40-80(118)29-34-101(20)51-73(45-96(13,14)62-101)111-90(129)106-56-67(4)38-78(116)27-32-99(18)49-71(43-94(9,10)60-99)109-88(127)104-54-65(2)36-76(114)23-25-84(120)121/h22-25,42,64-69,71-75H,26-41,43-63H2,1-21H3,(H,103,122)(H,120,121)(H,123,124)(H,125,126)(H2,104,109,127)(H2,105,110,128)(H2,106,111,129)(H2,107,112,130)(H2,108,113,131)/b25-23-. The number of urea groups is 5. The number of benzene rings is 1. The molecule has 29 nitrogen and oxygen atoms in total. The topological polar surface area (TPSA) is 449 Å². The minimum Gasteiger partial charge on any atom is -0.478 e. The second-order valence-corrected chi connectivity index (χ2v) is 47.8. The fraction of sp³-hybridized carbons (Fsp3) is 0.775. The number of hydrogen-bond donors (Lipinski definition) is 14. The molecule has 0 aromatic heterocycles. The van der Waals surface area contributed by atoms with Crippen LogP contribution in [0.4, 0.5) is 24.0 Å². The van der Waals surface area contributed by atoms with E-state index in [0.29, 0.717) is 135 Å². The minimum atomic E-state index is -1.37. The molecule has 5 aliphatic rings. The number of Topliss-reactive ketones (excluding diaryl/α,β-unsaturated/α-hetero) is 5. The molecule has 5 saturated carbocycles. The number of aromatic carboxylic acids is 2. The minimum absolute atomic E-state index is 0.0117. The zero-order valence-electron chi connectivity index (χ0n) is 83.4. The van der Waals surface area contributed by atoms with E-state index in [1.54, 1.807) is 6.92 Å². The average molecular weight is 1840 g/mol. The quantitative estimate of drug-likeness (QED) is 0.0269. The number of amides is 11. The molecule has 5 aliphatic carbocycles.